The molecular weight excluding hydrogens is 220 g/mol. The summed E-state index contributed by atoms with van der Waals surface area (Å²) in [6.45, 7) is 4.00. The van der Waals surface area contributed by atoms with Gasteiger partial charge in [0.1, 0.15) is 5.75 Å². The number of pyridine rings is 1. The Bertz CT molecular complexity index is 380. The van der Waals surface area contributed by atoms with Crippen molar-refractivity contribution in [2.45, 2.75) is 26.0 Å². The molecule has 0 spiro atoms. The lowest BCUT2D eigenvalue weighted by molar-refractivity contribution is 0.0891. The molecule has 1 aromatic heterocycles. The number of carbonyl (C=O) groups is 1. The van der Waals surface area contributed by atoms with Crippen LogP contribution in [-0.2, 0) is 4.74 Å². The topological polar surface area (TPSA) is 74.4 Å². The van der Waals surface area contributed by atoms with Crippen molar-refractivity contribution >= 4 is 5.78 Å². The van der Waals surface area contributed by atoms with Gasteiger partial charge in [-0.3, -0.25) is 9.78 Å². The molecule has 0 bridgehead atoms. The summed E-state index contributed by atoms with van der Waals surface area (Å²) in [5.74, 6) is 0.365. The largest absolute Gasteiger partial charge is 0.489 e. The van der Waals surface area contributed by atoms with E-state index in [9.17, 15) is 4.79 Å². The summed E-state index contributed by atoms with van der Waals surface area (Å²) < 4.78 is 10.3. The first-order chi connectivity index (χ1) is 8.04. The maximum atomic E-state index is 11.9. The number of Topliss-reactive ketones (excluding diaryl/α,β-unsaturated/α-hetero) is 1. The van der Waals surface area contributed by atoms with Crippen molar-refractivity contribution in [3.63, 3.8) is 0 Å². The number of hydrogen-bond donors (Lipinski definition) is 1. The second-order valence-electron chi connectivity index (χ2n) is 4.00. The summed E-state index contributed by atoms with van der Waals surface area (Å²) in [6, 6.07) is 0.973. The van der Waals surface area contributed by atoms with Crippen LogP contribution < -0.4 is 10.5 Å². The fourth-order valence-corrected chi connectivity index (χ4v) is 1.36. The zero-order valence-electron chi connectivity index (χ0n) is 10.3. The van der Waals surface area contributed by atoms with Crippen molar-refractivity contribution in [2.24, 2.45) is 5.73 Å². The summed E-state index contributed by atoms with van der Waals surface area (Å²) in [4.78, 5) is 15.8. The molecule has 5 heteroatoms. The summed E-state index contributed by atoms with van der Waals surface area (Å²) in [7, 11) is 1.50. The Labute approximate surface area is 101 Å². The van der Waals surface area contributed by atoms with Crippen LogP contribution in [0.5, 0.6) is 5.75 Å². The fraction of sp³-hybridized carbons (Fsp3) is 0.500. The van der Waals surface area contributed by atoms with Gasteiger partial charge in [0.25, 0.3) is 0 Å². The van der Waals surface area contributed by atoms with Gasteiger partial charge in [0, 0.05) is 18.9 Å². The summed E-state index contributed by atoms with van der Waals surface area (Å²) in [5, 5.41) is 0. The van der Waals surface area contributed by atoms with Gasteiger partial charge in [-0.2, -0.15) is 0 Å². The molecule has 1 heterocycles. The Balaban J connectivity index is 2.80. The Kier molecular flexibility index (Phi) is 5.06. The van der Waals surface area contributed by atoms with Gasteiger partial charge in [0.15, 0.2) is 5.78 Å². The van der Waals surface area contributed by atoms with E-state index in [1.54, 1.807) is 12.3 Å². The second-order valence-corrected chi connectivity index (χ2v) is 4.00. The van der Waals surface area contributed by atoms with Gasteiger partial charge in [-0.25, -0.2) is 0 Å². The van der Waals surface area contributed by atoms with E-state index in [0.29, 0.717) is 11.3 Å². The van der Waals surface area contributed by atoms with E-state index in [0.717, 1.165) is 0 Å². The highest BCUT2D eigenvalue weighted by Crippen LogP contribution is 2.14. The molecule has 0 radical (unpaired) electrons. The zero-order chi connectivity index (χ0) is 12.8. The Hall–Kier alpha value is -1.46. The number of ether oxygens (including phenoxy) is 2. The molecule has 0 aliphatic carbocycles. The maximum absolute atomic E-state index is 11.9. The van der Waals surface area contributed by atoms with Crippen molar-refractivity contribution < 1.29 is 14.3 Å². The molecule has 1 atom stereocenters. The average molecular weight is 238 g/mol. The van der Waals surface area contributed by atoms with Crippen LogP contribution in [0.3, 0.4) is 0 Å². The smallest absolute Gasteiger partial charge is 0.183 e. The average Bonchev–Trinajstić information content (AvgIpc) is 2.28. The SMILES string of the molecule is COCC(N)C(=O)c1cncc(OC(C)C)c1. The van der Waals surface area contributed by atoms with Crippen molar-refractivity contribution in [3.8, 4) is 5.75 Å². The van der Waals surface area contributed by atoms with E-state index in [2.05, 4.69) is 4.98 Å². The molecular formula is C12H18N2O3. The standard InChI is InChI=1S/C12H18N2O3/c1-8(2)17-10-4-9(5-14-6-10)12(15)11(13)7-16-3/h4-6,8,11H,7,13H2,1-3H3. The molecule has 0 saturated heterocycles. The highest BCUT2D eigenvalue weighted by atomic mass is 16.5. The van der Waals surface area contributed by atoms with Crippen LogP contribution in [0, 0.1) is 0 Å². The van der Waals surface area contributed by atoms with Gasteiger partial charge in [-0.05, 0) is 19.9 Å². The van der Waals surface area contributed by atoms with Crippen LogP contribution in [0.2, 0.25) is 0 Å². The predicted octanol–water partition coefficient (Wildman–Crippen LogP) is 1.03. The Morgan fingerprint density at radius 3 is 2.76 bits per heavy atom. The molecule has 0 aliphatic rings. The first-order valence-electron chi connectivity index (χ1n) is 5.45. The molecule has 94 valence electrons. The van der Waals surface area contributed by atoms with E-state index in [-0.39, 0.29) is 18.5 Å². The third-order valence-corrected chi connectivity index (χ3v) is 2.05. The van der Waals surface area contributed by atoms with E-state index < -0.39 is 6.04 Å². The van der Waals surface area contributed by atoms with Crippen molar-refractivity contribution in [1.82, 2.24) is 4.98 Å². The zero-order valence-corrected chi connectivity index (χ0v) is 10.3. The summed E-state index contributed by atoms with van der Waals surface area (Å²) >= 11 is 0. The Morgan fingerprint density at radius 1 is 1.47 bits per heavy atom. The molecule has 17 heavy (non-hydrogen) atoms. The lowest BCUT2D eigenvalue weighted by atomic mass is 10.1. The number of ketones is 1. The number of hydrogen-bond acceptors (Lipinski definition) is 5. The lowest BCUT2D eigenvalue weighted by Crippen LogP contribution is -2.34. The normalized spacial score (nSPS) is 12.5. The summed E-state index contributed by atoms with van der Waals surface area (Å²) in [5.41, 5.74) is 6.11. The molecule has 1 rings (SSSR count). The first-order valence-corrected chi connectivity index (χ1v) is 5.45. The summed E-state index contributed by atoms with van der Waals surface area (Å²) in [6.07, 6.45) is 3.08. The Morgan fingerprint density at radius 2 is 2.18 bits per heavy atom. The first kappa shape index (κ1) is 13.6. The second kappa shape index (κ2) is 6.32. The monoisotopic (exact) mass is 238 g/mol. The highest BCUT2D eigenvalue weighted by Gasteiger charge is 2.16. The number of nitrogens with two attached hydrogens (primary N) is 1. The van der Waals surface area contributed by atoms with Crippen LogP contribution in [0.25, 0.3) is 0 Å². The minimum absolute atomic E-state index is 0.0369. The minimum Gasteiger partial charge on any atom is -0.489 e. The quantitative estimate of drug-likeness (QED) is 0.749. The van der Waals surface area contributed by atoms with Gasteiger partial charge in [0.05, 0.1) is 24.9 Å². The van der Waals surface area contributed by atoms with E-state index in [1.807, 2.05) is 13.8 Å². The highest BCUT2D eigenvalue weighted by molar-refractivity contribution is 6.00. The molecule has 0 aromatic carbocycles. The van der Waals surface area contributed by atoms with Gasteiger partial charge in [-0.15, -0.1) is 0 Å². The van der Waals surface area contributed by atoms with Gasteiger partial charge >= 0.3 is 0 Å². The van der Waals surface area contributed by atoms with Crippen molar-refractivity contribution in [1.29, 1.82) is 0 Å². The number of methoxy groups -OCH3 is 1. The molecule has 0 fully saturated rings. The fourth-order valence-electron chi connectivity index (χ4n) is 1.36. The number of carbonyl (C=O) groups excluding carboxylic acids is 1. The molecule has 0 saturated carbocycles. The lowest BCUT2D eigenvalue weighted by Gasteiger charge is -2.12. The third-order valence-electron chi connectivity index (χ3n) is 2.05. The van der Waals surface area contributed by atoms with E-state index >= 15 is 0 Å². The molecule has 2 N–H and O–H groups in total. The van der Waals surface area contributed by atoms with Crippen LogP contribution >= 0.6 is 0 Å². The van der Waals surface area contributed by atoms with Gasteiger partial charge in [0.2, 0.25) is 0 Å². The third kappa shape index (κ3) is 4.13. The molecule has 0 amide bonds. The van der Waals surface area contributed by atoms with Crippen LogP contribution in [0.4, 0.5) is 0 Å². The van der Waals surface area contributed by atoms with Crippen molar-refractivity contribution in [3.05, 3.63) is 24.0 Å². The van der Waals surface area contributed by atoms with Crippen LogP contribution in [0.15, 0.2) is 18.5 Å². The van der Waals surface area contributed by atoms with Gasteiger partial charge < -0.3 is 15.2 Å². The number of aromatic nitrogens is 1. The minimum atomic E-state index is -0.670. The molecule has 5 nitrogen and oxygen atoms in total. The molecule has 1 aromatic rings. The van der Waals surface area contributed by atoms with Gasteiger partial charge in [-0.1, -0.05) is 0 Å². The van der Waals surface area contributed by atoms with Crippen LogP contribution in [-0.4, -0.2) is 36.6 Å². The van der Waals surface area contributed by atoms with Crippen molar-refractivity contribution in [2.75, 3.05) is 13.7 Å². The predicted molar refractivity (Wildman–Crippen MR) is 64.2 cm³/mol. The maximum Gasteiger partial charge on any atom is 0.183 e. The molecule has 1 unspecified atom stereocenters. The number of rotatable bonds is 6. The van der Waals surface area contributed by atoms with E-state index in [1.165, 1.54) is 13.3 Å². The van der Waals surface area contributed by atoms with E-state index in [4.69, 9.17) is 15.2 Å². The van der Waals surface area contributed by atoms with Crippen LogP contribution in [0.1, 0.15) is 24.2 Å². The number of nitrogens with zero attached hydrogens (tertiary/aromatic N) is 1. The molecule has 0 aliphatic heterocycles.